The number of rotatable bonds is 1. The second kappa shape index (κ2) is 4.97. The first kappa shape index (κ1) is 11.0. The Morgan fingerprint density at radius 2 is 2.00 bits per heavy atom. The summed E-state index contributed by atoms with van der Waals surface area (Å²) in [5.41, 5.74) is 11.0. The van der Waals surface area contributed by atoms with Crippen molar-refractivity contribution in [1.82, 2.24) is 0 Å². The van der Waals surface area contributed by atoms with E-state index in [1.165, 1.54) is 22.3 Å². The summed E-state index contributed by atoms with van der Waals surface area (Å²) in [4.78, 5) is 0. The summed E-state index contributed by atoms with van der Waals surface area (Å²) in [6.07, 6.45) is 3.36. The van der Waals surface area contributed by atoms with Crippen molar-refractivity contribution in [1.29, 1.82) is 0 Å². The first-order valence-corrected chi connectivity index (χ1v) is 5.28. The van der Waals surface area contributed by atoms with Crippen molar-refractivity contribution in [3.63, 3.8) is 0 Å². The first-order chi connectivity index (χ1) is 6.79. The maximum atomic E-state index is 5.56. The lowest BCUT2D eigenvalue weighted by Gasteiger charge is -2.00. The van der Waals surface area contributed by atoms with Crippen LogP contribution in [0.1, 0.15) is 37.5 Å². The zero-order valence-electron chi connectivity index (χ0n) is 9.30. The zero-order valence-corrected chi connectivity index (χ0v) is 9.30. The van der Waals surface area contributed by atoms with Crippen molar-refractivity contribution in [3.8, 4) is 0 Å². The molecule has 0 heterocycles. The van der Waals surface area contributed by atoms with Crippen LogP contribution in [-0.4, -0.2) is 0 Å². The standard InChI is InChI=1S/C11H13N.C2H6/c1-8-4-10-3-2-9(7-12)6-11(10)5-8;1-2/h2-3,5-6H,4,7,12H2,1H3;1-2H3. The molecule has 1 aromatic carbocycles. The van der Waals surface area contributed by atoms with Crippen LogP contribution in [0.5, 0.6) is 0 Å². The average molecular weight is 189 g/mol. The van der Waals surface area contributed by atoms with Crippen LogP contribution in [0.3, 0.4) is 0 Å². The molecule has 0 saturated carbocycles. The molecule has 2 rings (SSSR count). The highest BCUT2D eigenvalue weighted by Gasteiger charge is 2.08. The van der Waals surface area contributed by atoms with Gasteiger partial charge in [-0.15, -0.1) is 0 Å². The fourth-order valence-electron chi connectivity index (χ4n) is 1.68. The van der Waals surface area contributed by atoms with Crippen molar-refractivity contribution in [2.24, 2.45) is 5.73 Å². The van der Waals surface area contributed by atoms with Crippen molar-refractivity contribution in [2.75, 3.05) is 0 Å². The molecular weight excluding hydrogens is 170 g/mol. The van der Waals surface area contributed by atoms with Crippen LogP contribution in [0.15, 0.2) is 23.8 Å². The molecule has 0 bridgehead atoms. The van der Waals surface area contributed by atoms with Gasteiger partial charge in [-0.2, -0.15) is 0 Å². The third-order valence-electron chi connectivity index (χ3n) is 2.32. The van der Waals surface area contributed by atoms with E-state index in [-0.39, 0.29) is 0 Å². The molecule has 1 aliphatic rings. The Balaban J connectivity index is 0.000000461. The van der Waals surface area contributed by atoms with E-state index in [2.05, 4.69) is 31.2 Å². The summed E-state index contributed by atoms with van der Waals surface area (Å²) in [7, 11) is 0. The third-order valence-corrected chi connectivity index (χ3v) is 2.32. The molecule has 0 spiro atoms. The quantitative estimate of drug-likeness (QED) is 0.721. The average Bonchev–Trinajstić information content (AvgIpc) is 2.59. The van der Waals surface area contributed by atoms with Gasteiger partial charge in [-0.1, -0.05) is 43.7 Å². The molecule has 0 saturated heterocycles. The van der Waals surface area contributed by atoms with Gasteiger partial charge in [0.05, 0.1) is 0 Å². The van der Waals surface area contributed by atoms with E-state index < -0.39 is 0 Å². The molecule has 1 nitrogen and oxygen atoms in total. The van der Waals surface area contributed by atoms with Gasteiger partial charge < -0.3 is 5.73 Å². The molecule has 1 heteroatoms. The van der Waals surface area contributed by atoms with Crippen LogP contribution in [-0.2, 0) is 13.0 Å². The summed E-state index contributed by atoms with van der Waals surface area (Å²) >= 11 is 0. The number of hydrogen-bond donors (Lipinski definition) is 1. The second-order valence-corrected chi connectivity index (χ2v) is 3.40. The van der Waals surface area contributed by atoms with Gasteiger partial charge in [-0.25, -0.2) is 0 Å². The monoisotopic (exact) mass is 189 g/mol. The number of nitrogens with two attached hydrogens (primary N) is 1. The molecule has 0 atom stereocenters. The molecule has 0 radical (unpaired) electrons. The highest BCUT2D eigenvalue weighted by atomic mass is 14.5. The molecule has 2 N–H and O–H groups in total. The van der Waals surface area contributed by atoms with Gasteiger partial charge >= 0.3 is 0 Å². The van der Waals surface area contributed by atoms with Gasteiger partial charge in [-0.3, -0.25) is 0 Å². The van der Waals surface area contributed by atoms with Crippen LogP contribution < -0.4 is 5.73 Å². The lowest BCUT2D eigenvalue weighted by Crippen LogP contribution is -1.96. The van der Waals surface area contributed by atoms with Crippen molar-refractivity contribution >= 4 is 6.08 Å². The molecule has 0 aliphatic heterocycles. The predicted octanol–water partition coefficient (Wildman–Crippen LogP) is 3.13. The molecule has 0 amide bonds. The molecule has 0 unspecified atom stereocenters. The van der Waals surface area contributed by atoms with Crippen LogP contribution >= 0.6 is 0 Å². The van der Waals surface area contributed by atoms with Crippen LogP contribution in [0.2, 0.25) is 0 Å². The first-order valence-electron chi connectivity index (χ1n) is 5.28. The minimum absolute atomic E-state index is 0.639. The Bertz CT molecular complexity index is 337. The topological polar surface area (TPSA) is 26.0 Å². The maximum absolute atomic E-state index is 5.56. The number of allylic oxidation sites excluding steroid dienone is 1. The number of benzene rings is 1. The lowest BCUT2D eigenvalue weighted by molar-refractivity contribution is 1.06. The maximum Gasteiger partial charge on any atom is 0.0178 e. The molecule has 14 heavy (non-hydrogen) atoms. The zero-order chi connectivity index (χ0) is 10.6. The van der Waals surface area contributed by atoms with E-state index >= 15 is 0 Å². The van der Waals surface area contributed by atoms with Crippen LogP contribution in [0.25, 0.3) is 6.08 Å². The fraction of sp³-hybridized carbons (Fsp3) is 0.385. The smallest absolute Gasteiger partial charge is 0.0178 e. The molecular formula is C13H19N. The van der Waals surface area contributed by atoms with Crippen molar-refractivity contribution in [2.45, 2.75) is 33.7 Å². The highest BCUT2D eigenvalue weighted by Crippen LogP contribution is 2.25. The summed E-state index contributed by atoms with van der Waals surface area (Å²) in [6, 6.07) is 6.49. The molecule has 1 aromatic rings. The summed E-state index contributed by atoms with van der Waals surface area (Å²) in [5, 5.41) is 0. The van der Waals surface area contributed by atoms with Crippen LogP contribution in [0.4, 0.5) is 0 Å². The van der Waals surface area contributed by atoms with E-state index in [4.69, 9.17) is 5.73 Å². The van der Waals surface area contributed by atoms with Crippen molar-refractivity contribution < 1.29 is 0 Å². The summed E-state index contributed by atoms with van der Waals surface area (Å²) in [6.45, 7) is 6.81. The predicted molar refractivity (Wildman–Crippen MR) is 63.0 cm³/mol. The SMILES string of the molecule is CC.CC1=Cc2cc(CN)ccc2C1. The minimum Gasteiger partial charge on any atom is -0.326 e. The minimum atomic E-state index is 0.639. The number of fused-ring (bicyclic) bond motifs is 1. The van der Waals surface area contributed by atoms with Gasteiger partial charge in [0.25, 0.3) is 0 Å². The summed E-state index contributed by atoms with van der Waals surface area (Å²) in [5.74, 6) is 0. The Kier molecular flexibility index (Phi) is 3.90. The molecule has 76 valence electrons. The Labute approximate surface area is 86.6 Å². The van der Waals surface area contributed by atoms with Gasteiger partial charge in [0.2, 0.25) is 0 Å². The van der Waals surface area contributed by atoms with Gasteiger partial charge in [0.15, 0.2) is 0 Å². The molecule has 0 fully saturated rings. The van der Waals surface area contributed by atoms with E-state index in [0.717, 1.165) is 6.42 Å². The number of hydrogen-bond acceptors (Lipinski definition) is 1. The van der Waals surface area contributed by atoms with Crippen LogP contribution in [0, 0.1) is 0 Å². The van der Waals surface area contributed by atoms with E-state index in [1.807, 2.05) is 13.8 Å². The van der Waals surface area contributed by atoms with Gasteiger partial charge in [0.1, 0.15) is 0 Å². The third kappa shape index (κ3) is 2.24. The largest absolute Gasteiger partial charge is 0.326 e. The normalized spacial score (nSPS) is 12.7. The lowest BCUT2D eigenvalue weighted by atomic mass is 10.1. The van der Waals surface area contributed by atoms with Gasteiger partial charge in [0, 0.05) is 6.54 Å². The Morgan fingerprint density at radius 1 is 1.29 bits per heavy atom. The Morgan fingerprint density at radius 3 is 2.64 bits per heavy atom. The van der Waals surface area contributed by atoms with Crippen molar-refractivity contribution in [3.05, 3.63) is 40.5 Å². The Hall–Kier alpha value is -1.08. The fourth-order valence-corrected chi connectivity index (χ4v) is 1.68. The second-order valence-electron chi connectivity index (χ2n) is 3.40. The van der Waals surface area contributed by atoms with Gasteiger partial charge in [-0.05, 0) is 30.0 Å². The molecule has 0 aromatic heterocycles. The van der Waals surface area contributed by atoms with E-state index in [1.54, 1.807) is 0 Å². The molecule has 1 aliphatic carbocycles. The van der Waals surface area contributed by atoms with E-state index in [9.17, 15) is 0 Å². The highest BCUT2D eigenvalue weighted by molar-refractivity contribution is 5.63. The van der Waals surface area contributed by atoms with E-state index in [0.29, 0.717) is 6.54 Å². The summed E-state index contributed by atoms with van der Waals surface area (Å²) < 4.78 is 0.